The van der Waals surface area contributed by atoms with Crippen LogP contribution < -0.4 is 5.73 Å². The Morgan fingerprint density at radius 3 is 2.12 bits per heavy atom. The number of nitrogens with zero attached hydrogens (tertiary/aromatic N) is 1. The van der Waals surface area contributed by atoms with Crippen LogP contribution in [0.1, 0.15) is 38.1 Å². The zero-order valence-corrected chi connectivity index (χ0v) is 11.3. The topological polar surface area (TPSA) is 46.3 Å². The van der Waals surface area contributed by atoms with Gasteiger partial charge in [-0.25, -0.2) is 0 Å². The van der Waals surface area contributed by atoms with Gasteiger partial charge in [0.25, 0.3) is 5.91 Å². The van der Waals surface area contributed by atoms with Crippen molar-refractivity contribution in [2.24, 2.45) is 5.41 Å². The maximum absolute atomic E-state index is 12.2. The zero-order valence-electron chi connectivity index (χ0n) is 11.3. The van der Waals surface area contributed by atoms with Crippen LogP contribution in [0.2, 0.25) is 0 Å². The van der Waals surface area contributed by atoms with Crippen LogP contribution in [0.3, 0.4) is 0 Å². The SMILES string of the molecule is CC(N(C)C(=O)c1ccc(N)cc1)C(C)(C)C. The second-order valence-electron chi connectivity index (χ2n) is 5.58. The van der Waals surface area contributed by atoms with E-state index in [4.69, 9.17) is 5.73 Å². The third-order valence-corrected chi connectivity index (χ3v) is 3.31. The number of hydrogen-bond donors (Lipinski definition) is 1. The summed E-state index contributed by atoms with van der Waals surface area (Å²) in [4.78, 5) is 14.0. The van der Waals surface area contributed by atoms with Gasteiger partial charge < -0.3 is 10.6 Å². The molecular weight excluding hydrogens is 212 g/mol. The van der Waals surface area contributed by atoms with E-state index in [2.05, 4.69) is 27.7 Å². The van der Waals surface area contributed by atoms with E-state index in [1.807, 2.05) is 7.05 Å². The molecule has 17 heavy (non-hydrogen) atoms. The Bertz CT molecular complexity index is 390. The third-order valence-electron chi connectivity index (χ3n) is 3.31. The molecule has 1 unspecified atom stereocenters. The smallest absolute Gasteiger partial charge is 0.253 e. The van der Waals surface area contributed by atoms with Gasteiger partial charge in [-0.3, -0.25) is 4.79 Å². The number of nitrogen functional groups attached to an aromatic ring is 1. The second-order valence-corrected chi connectivity index (χ2v) is 5.58. The van der Waals surface area contributed by atoms with E-state index in [-0.39, 0.29) is 17.4 Å². The van der Waals surface area contributed by atoms with E-state index in [1.165, 1.54) is 0 Å². The highest BCUT2D eigenvalue weighted by atomic mass is 16.2. The van der Waals surface area contributed by atoms with Crippen LogP contribution in [0.4, 0.5) is 5.69 Å². The Morgan fingerprint density at radius 1 is 1.24 bits per heavy atom. The van der Waals surface area contributed by atoms with Crippen LogP contribution in [0.25, 0.3) is 0 Å². The van der Waals surface area contributed by atoms with Gasteiger partial charge in [0, 0.05) is 24.3 Å². The summed E-state index contributed by atoms with van der Waals surface area (Å²) >= 11 is 0. The first-order valence-electron chi connectivity index (χ1n) is 5.86. The molecule has 0 bridgehead atoms. The second kappa shape index (κ2) is 4.78. The Kier molecular flexibility index (Phi) is 3.81. The molecule has 3 nitrogen and oxygen atoms in total. The summed E-state index contributed by atoms with van der Waals surface area (Å²) in [6.45, 7) is 8.45. The van der Waals surface area contributed by atoms with Crippen LogP contribution in [-0.2, 0) is 0 Å². The number of carbonyl (C=O) groups excluding carboxylic acids is 1. The fourth-order valence-corrected chi connectivity index (χ4v) is 1.59. The van der Waals surface area contributed by atoms with Crippen LogP contribution in [-0.4, -0.2) is 23.9 Å². The monoisotopic (exact) mass is 234 g/mol. The molecule has 2 N–H and O–H groups in total. The minimum Gasteiger partial charge on any atom is -0.399 e. The molecule has 0 aliphatic carbocycles. The van der Waals surface area contributed by atoms with E-state index in [0.29, 0.717) is 11.3 Å². The zero-order chi connectivity index (χ0) is 13.2. The molecular formula is C14H22N2O. The van der Waals surface area contributed by atoms with E-state index >= 15 is 0 Å². The van der Waals surface area contributed by atoms with Crippen molar-refractivity contribution in [3.8, 4) is 0 Å². The molecule has 1 amide bonds. The molecule has 1 aromatic carbocycles. The molecule has 0 aliphatic rings. The summed E-state index contributed by atoms with van der Waals surface area (Å²) in [5.41, 5.74) is 7.03. The van der Waals surface area contributed by atoms with E-state index in [9.17, 15) is 4.79 Å². The van der Waals surface area contributed by atoms with Gasteiger partial charge in [0.15, 0.2) is 0 Å². The summed E-state index contributed by atoms with van der Waals surface area (Å²) in [6, 6.07) is 7.21. The highest BCUT2D eigenvalue weighted by Gasteiger charge is 2.27. The maximum atomic E-state index is 12.2. The fourth-order valence-electron chi connectivity index (χ4n) is 1.59. The van der Waals surface area contributed by atoms with E-state index < -0.39 is 0 Å². The average Bonchev–Trinajstić information content (AvgIpc) is 2.26. The quantitative estimate of drug-likeness (QED) is 0.800. The van der Waals surface area contributed by atoms with Gasteiger partial charge in [0.05, 0.1) is 0 Å². The van der Waals surface area contributed by atoms with Crippen molar-refractivity contribution in [3.63, 3.8) is 0 Å². The molecule has 0 spiro atoms. The largest absolute Gasteiger partial charge is 0.399 e. The number of nitrogens with two attached hydrogens (primary N) is 1. The molecule has 1 rings (SSSR count). The van der Waals surface area contributed by atoms with Crippen LogP contribution in [0.15, 0.2) is 24.3 Å². The molecule has 3 heteroatoms. The van der Waals surface area contributed by atoms with Gasteiger partial charge in [-0.15, -0.1) is 0 Å². The highest BCUT2D eigenvalue weighted by Crippen LogP contribution is 2.24. The van der Waals surface area contributed by atoms with Crippen LogP contribution in [0, 0.1) is 5.41 Å². The molecule has 0 saturated heterocycles. The van der Waals surface area contributed by atoms with Crippen molar-refractivity contribution < 1.29 is 4.79 Å². The summed E-state index contributed by atoms with van der Waals surface area (Å²) in [5.74, 6) is 0.0347. The van der Waals surface area contributed by atoms with Crippen molar-refractivity contribution in [3.05, 3.63) is 29.8 Å². The number of anilines is 1. The highest BCUT2D eigenvalue weighted by molar-refractivity contribution is 5.94. The van der Waals surface area contributed by atoms with E-state index in [1.54, 1.807) is 29.2 Å². The van der Waals surface area contributed by atoms with Crippen LogP contribution >= 0.6 is 0 Å². The summed E-state index contributed by atoms with van der Waals surface area (Å²) in [6.07, 6.45) is 0. The van der Waals surface area contributed by atoms with Gasteiger partial charge in [0.2, 0.25) is 0 Å². The lowest BCUT2D eigenvalue weighted by atomic mass is 9.87. The van der Waals surface area contributed by atoms with Crippen molar-refractivity contribution in [1.29, 1.82) is 0 Å². The standard InChI is InChI=1S/C14H22N2O/c1-10(14(2,3)4)16(5)13(17)11-6-8-12(15)9-7-11/h6-10H,15H2,1-5H3. The molecule has 1 aromatic rings. The third kappa shape index (κ3) is 3.22. The molecule has 94 valence electrons. The lowest BCUT2D eigenvalue weighted by molar-refractivity contribution is 0.0629. The minimum absolute atomic E-state index is 0.0347. The lowest BCUT2D eigenvalue weighted by Gasteiger charge is -2.35. The Labute approximate surface area is 104 Å². The number of amides is 1. The van der Waals surface area contributed by atoms with Gasteiger partial charge in [-0.1, -0.05) is 20.8 Å². The number of benzene rings is 1. The lowest BCUT2D eigenvalue weighted by Crippen LogP contribution is -2.42. The normalized spacial score (nSPS) is 13.2. The van der Waals surface area contributed by atoms with Gasteiger partial charge in [-0.05, 0) is 36.6 Å². The van der Waals surface area contributed by atoms with Crippen molar-refractivity contribution in [2.45, 2.75) is 33.7 Å². The summed E-state index contributed by atoms with van der Waals surface area (Å²) in [7, 11) is 1.84. The first-order valence-corrected chi connectivity index (χ1v) is 5.86. The molecule has 0 saturated carbocycles. The molecule has 0 radical (unpaired) electrons. The molecule has 0 aliphatic heterocycles. The molecule has 1 atom stereocenters. The summed E-state index contributed by atoms with van der Waals surface area (Å²) in [5, 5.41) is 0. The Hall–Kier alpha value is -1.51. The minimum atomic E-state index is 0.0347. The predicted octanol–water partition coefficient (Wildman–Crippen LogP) is 2.78. The molecule has 0 aromatic heterocycles. The number of carbonyl (C=O) groups is 1. The van der Waals surface area contributed by atoms with Crippen molar-refractivity contribution in [2.75, 3.05) is 12.8 Å². The first-order chi connectivity index (χ1) is 7.73. The van der Waals surface area contributed by atoms with Crippen molar-refractivity contribution >= 4 is 11.6 Å². The average molecular weight is 234 g/mol. The number of rotatable bonds is 2. The summed E-state index contributed by atoms with van der Waals surface area (Å²) < 4.78 is 0. The van der Waals surface area contributed by atoms with E-state index in [0.717, 1.165) is 0 Å². The molecule has 0 fully saturated rings. The number of hydrogen-bond acceptors (Lipinski definition) is 2. The first kappa shape index (κ1) is 13.6. The van der Waals surface area contributed by atoms with Gasteiger partial charge in [-0.2, -0.15) is 0 Å². The van der Waals surface area contributed by atoms with Gasteiger partial charge >= 0.3 is 0 Å². The predicted molar refractivity (Wildman–Crippen MR) is 71.9 cm³/mol. The Balaban J connectivity index is 2.87. The molecule has 0 heterocycles. The van der Waals surface area contributed by atoms with Crippen molar-refractivity contribution in [1.82, 2.24) is 4.90 Å². The Morgan fingerprint density at radius 2 is 1.71 bits per heavy atom. The van der Waals surface area contributed by atoms with Crippen LogP contribution in [0.5, 0.6) is 0 Å². The van der Waals surface area contributed by atoms with Gasteiger partial charge in [0.1, 0.15) is 0 Å². The maximum Gasteiger partial charge on any atom is 0.253 e. The fraction of sp³-hybridized carbons (Fsp3) is 0.500.